The van der Waals surface area contributed by atoms with Crippen LogP contribution in [0.1, 0.15) is 169 Å². The van der Waals surface area contributed by atoms with E-state index in [1.54, 1.807) is 0 Å². The first-order chi connectivity index (χ1) is 15.0. The summed E-state index contributed by atoms with van der Waals surface area (Å²) < 4.78 is 1.22. The van der Waals surface area contributed by atoms with Crippen LogP contribution >= 0.6 is 0 Å². The maximum Gasteiger partial charge on any atom is 0.0859 e. The molecule has 2 atom stereocenters. The number of quaternary nitrogens is 1. The van der Waals surface area contributed by atoms with Gasteiger partial charge in [0.2, 0.25) is 0 Å². The van der Waals surface area contributed by atoms with Crippen molar-refractivity contribution in [2.75, 3.05) is 14.1 Å². The molecule has 31 heavy (non-hydrogen) atoms. The zero-order chi connectivity index (χ0) is 23.2. The fraction of sp³-hybridized carbons (Fsp3) is 1.00. The molecule has 0 spiro atoms. The van der Waals surface area contributed by atoms with Crippen molar-refractivity contribution in [3.63, 3.8) is 0 Å². The average Bonchev–Trinajstić information content (AvgIpc) is 2.75. The van der Waals surface area contributed by atoms with Gasteiger partial charge in [0, 0.05) is 0 Å². The van der Waals surface area contributed by atoms with E-state index in [2.05, 4.69) is 41.8 Å². The number of hydrogen-bond acceptors (Lipinski definition) is 0. The van der Waals surface area contributed by atoms with Gasteiger partial charge < -0.3 is 4.48 Å². The Morgan fingerprint density at radius 3 is 0.871 bits per heavy atom. The second kappa shape index (κ2) is 21.8. The summed E-state index contributed by atoms with van der Waals surface area (Å²) in [6, 6.07) is 1.60. The van der Waals surface area contributed by atoms with E-state index in [0.29, 0.717) is 0 Å². The Labute approximate surface area is 199 Å². The summed E-state index contributed by atoms with van der Waals surface area (Å²) in [5, 5.41) is 0. The highest BCUT2D eigenvalue weighted by Crippen LogP contribution is 2.23. The van der Waals surface area contributed by atoms with Crippen LogP contribution in [0.3, 0.4) is 0 Å². The Hall–Kier alpha value is -0.0400. The van der Waals surface area contributed by atoms with Crippen molar-refractivity contribution in [1.82, 2.24) is 0 Å². The second-order valence-corrected chi connectivity index (χ2v) is 11.3. The van der Waals surface area contributed by atoms with Crippen LogP contribution in [0.5, 0.6) is 0 Å². The molecular weight excluding hydrogens is 374 g/mol. The number of hydrogen-bond donors (Lipinski definition) is 0. The Kier molecular flexibility index (Phi) is 21.8. The fourth-order valence-corrected chi connectivity index (χ4v) is 4.95. The van der Waals surface area contributed by atoms with Crippen LogP contribution in [0.25, 0.3) is 0 Å². The van der Waals surface area contributed by atoms with Crippen LogP contribution in [-0.4, -0.2) is 30.7 Å². The maximum atomic E-state index is 2.50. The highest BCUT2D eigenvalue weighted by atomic mass is 15.3. The van der Waals surface area contributed by atoms with Crippen molar-refractivity contribution in [2.45, 2.75) is 181 Å². The van der Waals surface area contributed by atoms with Gasteiger partial charge in [0.1, 0.15) is 0 Å². The van der Waals surface area contributed by atoms with E-state index in [4.69, 9.17) is 0 Å². The molecule has 0 aromatic carbocycles. The molecule has 2 unspecified atom stereocenters. The highest BCUT2D eigenvalue weighted by Gasteiger charge is 2.29. The minimum atomic E-state index is 0.798. The standard InChI is InChI=1S/C30H64N/c1-7-9-11-13-15-17-19-21-23-25-27-29(3)31(5,6)30(4)28-26-24-22-20-18-16-14-12-10-8-2/h29-30H,7-28H2,1-6H3/q+1. The predicted octanol–water partition coefficient (Wildman–Crippen LogP) is 10.5. The topological polar surface area (TPSA) is 0 Å². The van der Waals surface area contributed by atoms with Crippen molar-refractivity contribution < 1.29 is 4.48 Å². The number of rotatable bonds is 24. The molecule has 0 N–H and O–H groups in total. The maximum absolute atomic E-state index is 2.50. The monoisotopic (exact) mass is 439 g/mol. The average molecular weight is 439 g/mol. The number of nitrogens with zero attached hydrogens (tertiary/aromatic N) is 1. The third-order valence-corrected chi connectivity index (χ3v) is 8.22. The summed E-state index contributed by atoms with van der Waals surface area (Å²) in [6.07, 6.45) is 31.8. The van der Waals surface area contributed by atoms with Crippen LogP contribution in [0.4, 0.5) is 0 Å². The van der Waals surface area contributed by atoms with Gasteiger partial charge in [-0.3, -0.25) is 0 Å². The molecule has 188 valence electrons. The molecular formula is C30H64N+. The van der Waals surface area contributed by atoms with E-state index in [-0.39, 0.29) is 0 Å². The molecule has 1 nitrogen and oxygen atoms in total. The zero-order valence-electron chi connectivity index (χ0n) is 23.2. The molecule has 0 aliphatic carbocycles. The zero-order valence-corrected chi connectivity index (χ0v) is 23.2. The number of unbranched alkanes of at least 4 members (excludes halogenated alkanes) is 18. The van der Waals surface area contributed by atoms with Gasteiger partial charge in [-0.15, -0.1) is 0 Å². The summed E-state index contributed by atoms with van der Waals surface area (Å²) in [5.74, 6) is 0. The Bertz CT molecular complexity index is 316. The van der Waals surface area contributed by atoms with E-state index in [1.807, 2.05) is 0 Å². The minimum absolute atomic E-state index is 0.798. The van der Waals surface area contributed by atoms with E-state index >= 15 is 0 Å². The molecule has 0 radical (unpaired) electrons. The van der Waals surface area contributed by atoms with Crippen molar-refractivity contribution >= 4 is 0 Å². The van der Waals surface area contributed by atoms with E-state index < -0.39 is 0 Å². The van der Waals surface area contributed by atoms with E-state index in [9.17, 15) is 0 Å². The smallest absolute Gasteiger partial charge is 0.0859 e. The largest absolute Gasteiger partial charge is 0.324 e. The molecule has 0 rings (SSSR count). The van der Waals surface area contributed by atoms with E-state index in [1.165, 1.54) is 146 Å². The Morgan fingerprint density at radius 2 is 0.613 bits per heavy atom. The lowest BCUT2D eigenvalue weighted by atomic mass is 9.99. The highest BCUT2D eigenvalue weighted by molar-refractivity contribution is 4.60. The normalized spacial score (nSPS) is 14.1. The van der Waals surface area contributed by atoms with Crippen molar-refractivity contribution in [1.29, 1.82) is 0 Å². The third-order valence-electron chi connectivity index (χ3n) is 8.22. The lowest BCUT2D eigenvalue weighted by molar-refractivity contribution is -0.935. The van der Waals surface area contributed by atoms with Gasteiger partial charge >= 0.3 is 0 Å². The van der Waals surface area contributed by atoms with Crippen LogP contribution in [0.15, 0.2) is 0 Å². The molecule has 0 saturated heterocycles. The van der Waals surface area contributed by atoms with Crippen LogP contribution in [0.2, 0.25) is 0 Å². The minimum Gasteiger partial charge on any atom is -0.324 e. The second-order valence-electron chi connectivity index (χ2n) is 11.3. The van der Waals surface area contributed by atoms with Gasteiger partial charge in [0.15, 0.2) is 0 Å². The van der Waals surface area contributed by atoms with Gasteiger partial charge in [0.25, 0.3) is 0 Å². The van der Waals surface area contributed by atoms with Crippen LogP contribution in [0, 0.1) is 0 Å². The van der Waals surface area contributed by atoms with Crippen LogP contribution in [-0.2, 0) is 0 Å². The molecule has 0 aliphatic heterocycles. The quantitative estimate of drug-likeness (QED) is 0.104. The SMILES string of the molecule is CCCCCCCCCCCCC(C)[N+](C)(C)C(C)CCCCCCCCCCCC. The summed E-state index contributed by atoms with van der Waals surface area (Å²) in [5.41, 5.74) is 0. The van der Waals surface area contributed by atoms with Crippen molar-refractivity contribution in [3.8, 4) is 0 Å². The first-order valence-electron chi connectivity index (χ1n) is 14.8. The molecule has 1 heteroatoms. The molecule has 0 aromatic rings. The Balaban J connectivity index is 3.66. The molecule has 0 saturated carbocycles. The van der Waals surface area contributed by atoms with Crippen molar-refractivity contribution in [2.24, 2.45) is 0 Å². The Morgan fingerprint density at radius 1 is 0.387 bits per heavy atom. The lowest BCUT2D eigenvalue weighted by Gasteiger charge is -2.42. The molecule has 0 aromatic heterocycles. The summed E-state index contributed by atoms with van der Waals surface area (Å²) in [6.45, 7) is 9.62. The first kappa shape index (κ1) is 31.0. The lowest BCUT2D eigenvalue weighted by Crippen LogP contribution is -2.53. The fourth-order valence-electron chi connectivity index (χ4n) is 4.95. The van der Waals surface area contributed by atoms with Gasteiger partial charge in [-0.25, -0.2) is 0 Å². The summed E-state index contributed by atoms with van der Waals surface area (Å²) in [7, 11) is 4.98. The predicted molar refractivity (Wildman–Crippen MR) is 144 cm³/mol. The van der Waals surface area contributed by atoms with Gasteiger partial charge in [-0.1, -0.05) is 129 Å². The van der Waals surface area contributed by atoms with Gasteiger partial charge in [-0.05, 0) is 39.5 Å². The van der Waals surface area contributed by atoms with Crippen LogP contribution < -0.4 is 0 Å². The summed E-state index contributed by atoms with van der Waals surface area (Å²) in [4.78, 5) is 0. The molecule has 0 heterocycles. The van der Waals surface area contributed by atoms with E-state index in [0.717, 1.165) is 12.1 Å². The van der Waals surface area contributed by atoms with Gasteiger partial charge in [-0.2, -0.15) is 0 Å². The molecule has 0 fully saturated rings. The van der Waals surface area contributed by atoms with Crippen molar-refractivity contribution in [3.05, 3.63) is 0 Å². The molecule has 0 amide bonds. The molecule has 0 bridgehead atoms. The third kappa shape index (κ3) is 18.1. The first-order valence-corrected chi connectivity index (χ1v) is 14.8. The molecule has 0 aliphatic rings. The van der Waals surface area contributed by atoms with Gasteiger partial charge in [0.05, 0.1) is 26.2 Å². The summed E-state index contributed by atoms with van der Waals surface area (Å²) >= 11 is 0.